The van der Waals surface area contributed by atoms with Crippen molar-refractivity contribution in [1.82, 2.24) is 10.2 Å². The Morgan fingerprint density at radius 1 is 1.22 bits per heavy atom. The van der Waals surface area contributed by atoms with E-state index >= 15 is 0 Å². The molecule has 0 bridgehead atoms. The molecule has 2 fully saturated rings. The molecule has 27 heavy (non-hydrogen) atoms. The first-order valence-electron chi connectivity index (χ1n) is 8.46. The number of carbonyl (C=O) groups excluding carboxylic acids is 3. The Morgan fingerprint density at radius 3 is 2.59 bits per heavy atom. The number of hydrogen-bond acceptors (Lipinski definition) is 4. The van der Waals surface area contributed by atoms with Crippen LogP contribution in [0, 0.1) is 0 Å². The molecule has 0 saturated carbocycles. The molecule has 3 rings (SSSR count). The molecule has 7 nitrogen and oxygen atoms in total. The number of benzene rings is 1. The van der Waals surface area contributed by atoms with Crippen molar-refractivity contribution in [3.8, 4) is 0 Å². The van der Waals surface area contributed by atoms with Crippen LogP contribution in [0.4, 0.5) is 23.7 Å². The lowest BCUT2D eigenvalue weighted by Gasteiger charge is -2.25. The minimum Gasteiger partial charge on any atom is -0.442 e. The van der Waals surface area contributed by atoms with E-state index in [1.165, 1.54) is 4.90 Å². The number of likely N-dealkylation sites (tertiary alicyclic amines) is 1. The van der Waals surface area contributed by atoms with E-state index in [-0.39, 0.29) is 26.1 Å². The first-order chi connectivity index (χ1) is 12.8. The molecule has 10 heteroatoms. The molecule has 0 spiro atoms. The molecule has 1 aromatic rings. The summed E-state index contributed by atoms with van der Waals surface area (Å²) in [5, 5.41) is 2.49. The zero-order valence-electron chi connectivity index (χ0n) is 14.2. The van der Waals surface area contributed by atoms with Crippen LogP contribution in [0.5, 0.6) is 0 Å². The summed E-state index contributed by atoms with van der Waals surface area (Å²) in [7, 11) is 0. The van der Waals surface area contributed by atoms with E-state index in [1.807, 2.05) is 0 Å². The van der Waals surface area contributed by atoms with Crippen LogP contribution < -0.4 is 10.2 Å². The molecule has 0 aliphatic carbocycles. The van der Waals surface area contributed by atoms with Crippen molar-refractivity contribution in [2.75, 3.05) is 24.5 Å². The Kier molecular flexibility index (Phi) is 5.24. The molecule has 2 aliphatic heterocycles. The van der Waals surface area contributed by atoms with Gasteiger partial charge in [0.15, 0.2) is 0 Å². The number of amides is 3. The fraction of sp³-hybridized carbons (Fsp3) is 0.471. The summed E-state index contributed by atoms with van der Waals surface area (Å²) in [6.45, 7) is 0.0497. The molecular weight excluding hydrogens is 367 g/mol. The summed E-state index contributed by atoms with van der Waals surface area (Å²) in [4.78, 5) is 37.6. The van der Waals surface area contributed by atoms with Crippen molar-refractivity contribution >= 4 is 23.6 Å². The number of halogens is 3. The Balaban J connectivity index is 1.55. The van der Waals surface area contributed by atoms with Crippen molar-refractivity contribution < 1.29 is 32.3 Å². The number of hydrogen-bond donors (Lipinski definition) is 1. The van der Waals surface area contributed by atoms with Crippen LogP contribution in [0.25, 0.3) is 0 Å². The Bertz CT molecular complexity index is 726. The Labute approximate surface area is 153 Å². The van der Waals surface area contributed by atoms with Crippen LogP contribution in [0.15, 0.2) is 30.3 Å². The lowest BCUT2D eigenvalue weighted by molar-refractivity contribution is -0.186. The zero-order chi connectivity index (χ0) is 19.6. The molecule has 146 valence electrons. The van der Waals surface area contributed by atoms with Crippen LogP contribution in [0.1, 0.15) is 12.8 Å². The third kappa shape index (κ3) is 4.15. The first-order valence-corrected chi connectivity index (χ1v) is 8.46. The van der Waals surface area contributed by atoms with E-state index in [0.717, 1.165) is 0 Å². The quantitative estimate of drug-likeness (QED) is 0.856. The van der Waals surface area contributed by atoms with Gasteiger partial charge in [0.05, 0.1) is 13.1 Å². The average Bonchev–Trinajstić information content (AvgIpc) is 3.25. The number of ether oxygens (including phenoxy) is 1. The number of alkyl halides is 3. The maximum Gasteiger partial charge on any atom is 0.471 e. The molecule has 1 N–H and O–H groups in total. The molecule has 2 atom stereocenters. The van der Waals surface area contributed by atoms with Crippen molar-refractivity contribution in [3.05, 3.63) is 30.3 Å². The van der Waals surface area contributed by atoms with Crippen LogP contribution in [0.3, 0.4) is 0 Å². The highest BCUT2D eigenvalue weighted by molar-refractivity contribution is 5.91. The normalized spacial score (nSPS) is 22.7. The van der Waals surface area contributed by atoms with Crippen LogP contribution in [-0.2, 0) is 14.3 Å². The summed E-state index contributed by atoms with van der Waals surface area (Å²) >= 11 is 0. The molecule has 2 aliphatic rings. The third-order valence-corrected chi connectivity index (χ3v) is 4.50. The Morgan fingerprint density at radius 2 is 1.93 bits per heavy atom. The van der Waals surface area contributed by atoms with Crippen molar-refractivity contribution in [1.29, 1.82) is 0 Å². The molecule has 0 radical (unpaired) electrons. The van der Waals surface area contributed by atoms with Gasteiger partial charge in [0, 0.05) is 12.2 Å². The standard InChI is InChI=1S/C17H18F3N3O4/c18-17(19,20)15(25)22-8-4-7-13(22)14(24)21-9-12-10-23(16(26)27-12)11-5-2-1-3-6-11/h1-3,5-6,12-13H,4,7-10H2,(H,21,24). The lowest BCUT2D eigenvalue weighted by Crippen LogP contribution is -2.51. The minimum absolute atomic E-state index is 0.0432. The fourth-order valence-electron chi connectivity index (χ4n) is 3.22. The predicted octanol–water partition coefficient (Wildman–Crippen LogP) is 1.68. The van der Waals surface area contributed by atoms with Crippen LogP contribution in [-0.4, -0.2) is 60.8 Å². The van der Waals surface area contributed by atoms with E-state index in [9.17, 15) is 27.6 Å². The van der Waals surface area contributed by atoms with Gasteiger partial charge in [-0.3, -0.25) is 14.5 Å². The number of para-hydroxylation sites is 1. The van der Waals surface area contributed by atoms with Gasteiger partial charge >= 0.3 is 18.2 Å². The third-order valence-electron chi connectivity index (χ3n) is 4.50. The Hall–Kier alpha value is -2.78. The fourth-order valence-corrected chi connectivity index (χ4v) is 3.22. The number of nitrogens with one attached hydrogen (secondary N) is 1. The number of carbonyl (C=O) groups is 3. The second-order valence-electron chi connectivity index (χ2n) is 6.35. The van der Waals surface area contributed by atoms with E-state index in [1.54, 1.807) is 30.3 Å². The molecular formula is C17H18F3N3O4. The monoisotopic (exact) mass is 385 g/mol. The van der Waals surface area contributed by atoms with Crippen molar-refractivity contribution in [3.63, 3.8) is 0 Å². The molecule has 0 aromatic heterocycles. The smallest absolute Gasteiger partial charge is 0.442 e. The lowest BCUT2D eigenvalue weighted by atomic mass is 10.2. The van der Waals surface area contributed by atoms with Gasteiger partial charge in [-0.05, 0) is 25.0 Å². The van der Waals surface area contributed by atoms with E-state index < -0.39 is 36.2 Å². The van der Waals surface area contributed by atoms with Gasteiger partial charge in [-0.2, -0.15) is 13.2 Å². The van der Waals surface area contributed by atoms with Gasteiger partial charge in [0.25, 0.3) is 0 Å². The van der Waals surface area contributed by atoms with Gasteiger partial charge in [-0.1, -0.05) is 18.2 Å². The van der Waals surface area contributed by atoms with E-state index in [2.05, 4.69) is 5.32 Å². The number of cyclic esters (lactones) is 1. The summed E-state index contributed by atoms with van der Waals surface area (Å²) in [5.74, 6) is -2.69. The maximum atomic E-state index is 12.6. The van der Waals surface area contributed by atoms with Gasteiger partial charge in [-0.25, -0.2) is 4.79 Å². The van der Waals surface area contributed by atoms with Gasteiger partial charge in [-0.15, -0.1) is 0 Å². The van der Waals surface area contributed by atoms with Gasteiger partial charge < -0.3 is 15.0 Å². The molecule has 2 unspecified atom stereocenters. The number of anilines is 1. The SMILES string of the molecule is O=C(NCC1CN(c2ccccc2)C(=O)O1)C1CCCN1C(=O)C(F)(F)F. The summed E-state index contributed by atoms with van der Waals surface area (Å²) < 4.78 is 43.1. The van der Waals surface area contributed by atoms with Crippen molar-refractivity contribution in [2.24, 2.45) is 0 Å². The van der Waals surface area contributed by atoms with Gasteiger partial charge in [0.1, 0.15) is 12.1 Å². The summed E-state index contributed by atoms with van der Waals surface area (Å²) in [5.41, 5.74) is 0.647. The molecule has 1 aromatic carbocycles. The second kappa shape index (κ2) is 7.45. The highest BCUT2D eigenvalue weighted by Gasteiger charge is 2.47. The topological polar surface area (TPSA) is 79.0 Å². The van der Waals surface area contributed by atoms with Gasteiger partial charge in [0.2, 0.25) is 5.91 Å². The molecule has 3 amide bonds. The average molecular weight is 385 g/mol. The van der Waals surface area contributed by atoms with E-state index in [4.69, 9.17) is 4.74 Å². The second-order valence-corrected chi connectivity index (χ2v) is 6.35. The minimum atomic E-state index is -5.01. The van der Waals surface area contributed by atoms with Crippen LogP contribution in [0.2, 0.25) is 0 Å². The zero-order valence-corrected chi connectivity index (χ0v) is 14.2. The number of nitrogens with zero attached hydrogens (tertiary/aromatic N) is 2. The summed E-state index contributed by atoms with van der Waals surface area (Å²) in [6, 6.07) is 7.65. The molecule has 2 saturated heterocycles. The summed E-state index contributed by atoms with van der Waals surface area (Å²) in [6.07, 6.45) is -5.72. The highest BCUT2D eigenvalue weighted by Crippen LogP contribution is 2.26. The largest absolute Gasteiger partial charge is 0.471 e. The van der Waals surface area contributed by atoms with E-state index in [0.29, 0.717) is 17.0 Å². The first kappa shape index (κ1) is 19.0. The van der Waals surface area contributed by atoms with Crippen molar-refractivity contribution in [2.45, 2.75) is 31.2 Å². The number of rotatable bonds is 4. The molecule has 2 heterocycles. The predicted molar refractivity (Wildman–Crippen MR) is 87.9 cm³/mol. The highest BCUT2D eigenvalue weighted by atomic mass is 19.4. The maximum absolute atomic E-state index is 12.6. The van der Waals surface area contributed by atoms with Crippen LogP contribution >= 0.6 is 0 Å².